The second-order valence-electron chi connectivity index (χ2n) is 3.49. The summed E-state index contributed by atoms with van der Waals surface area (Å²) in [5, 5.41) is 9.28. The maximum absolute atomic E-state index is 11.8. The number of benzene rings is 1. The standard InChI is InChI=1S/C12H11F3O4/c1-18-9-4-2-8(3-5-9)6-10(16)11(17)19-7-12(13,14)15/h2-6,16H,7H2,1H3/b10-6+. The molecular formula is C12H11F3O4. The Morgan fingerprint density at radius 3 is 2.37 bits per heavy atom. The van der Waals surface area contributed by atoms with Gasteiger partial charge in [0, 0.05) is 0 Å². The summed E-state index contributed by atoms with van der Waals surface area (Å²) in [7, 11) is 1.47. The Balaban J connectivity index is 2.67. The second-order valence-corrected chi connectivity index (χ2v) is 3.49. The first-order valence-corrected chi connectivity index (χ1v) is 5.10. The quantitative estimate of drug-likeness (QED) is 0.522. The van der Waals surface area contributed by atoms with Gasteiger partial charge in [0.25, 0.3) is 0 Å². The molecule has 0 aliphatic carbocycles. The number of aliphatic hydroxyl groups is 1. The number of halogens is 3. The maximum atomic E-state index is 11.8. The molecule has 0 unspecified atom stereocenters. The van der Waals surface area contributed by atoms with Gasteiger partial charge in [-0.05, 0) is 23.8 Å². The molecule has 0 aromatic heterocycles. The fraction of sp³-hybridized carbons (Fsp3) is 0.250. The molecule has 0 bridgehead atoms. The number of ether oxygens (including phenoxy) is 2. The van der Waals surface area contributed by atoms with Crippen LogP contribution >= 0.6 is 0 Å². The summed E-state index contributed by atoms with van der Waals surface area (Å²) in [5.74, 6) is -1.78. The van der Waals surface area contributed by atoms with Gasteiger partial charge in [0.05, 0.1) is 7.11 Å². The minimum Gasteiger partial charge on any atom is -0.502 e. The molecule has 0 aliphatic rings. The molecule has 0 saturated carbocycles. The lowest BCUT2D eigenvalue weighted by atomic mass is 10.2. The molecular weight excluding hydrogens is 265 g/mol. The van der Waals surface area contributed by atoms with Crippen LogP contribution in [0.15, 0.2) is 30.0 Å². The molecule has 0 heterocycles. The zero-order valence-corrected chi connectivity index (χ0v) is 9.90. The Bertz CT molecular complexity index is 463. The molecule has 0 aliphatic heterocycles. The average molecular weight is 276 g/mol. The third-order valence-corrected chi connectivity index (χ3v) is 2.00. The molecule has 19 heavy (non-hydrogen) atoms. The van der Waals surface area contributed by atoms with Crippen molar-refractivity contribution in [3.05, 3.63) is 35.6 Å². The highest BCUT2D eigenvalue weighted by Crippen LogP contribution is 2.16. The lowest BCUT2D eigenvalue weighted by Crippen LogP contribution is -2.21. The van der Waals surface area contributed by atoms with Crippen molar-refractivity contribution >= 4 is 12.0 Å². The molecule has 7 heteroatoms. The van der Waals surface area contributed by atoms with Crippen molar-refractivity contribution in [1.82, 2.24) is 0 Å². The summed E-state index contributed by atoms with van der Waals surface area (Å²) in [6.07, 6.45) is -3.63. The van der Waals surface area contributed by atoms with Gasteiger partial charge < -0.3 is 14.6 Å². The topological polar surface area (TPSA) is 55.8 Å². The number of methoxy groups -OCH3 is 1. The number of carbonyl (C=O) groups is 1. The first-order chi connectivity index (χ1) is 8.81. The van der Waals surface area contributed by atoms with Crippen LogP contribution in [0.1, 0.15) is 5.56 Å². The normalized spacial score (nSPS) is 12.1. The van der Waals surface area contributed by atoms with Crippen LogP contribution in [0.5, 0.6) is 5.75 Å². The highest BCUT2D eigenvalue weighted by molar-refractivity contribution is 5.90. The lowest BCUT2D eigenvalue weighted by molar-refractivity contribution is -0.184. The molecule has 0 atom stereocenters. The first-order valence-electron chi connectivity index (χ1n) is 5.10. The molecule has 1 rings (SSSR count). The van der Waals surface area contributed by atoms with Crippen LogP contribution in [0.2, 0.25) is 0 Å². The minimum absolute atomic E-state index is 0.419. The van der Waals surface area contributed by atoms with E-state index < -0.39 is 24.5 Å². The predicted octanol–water partition coefficient (Wildman–Crippen LogP) is 2.70. The Morgan fingerprint density at radius 2 is 1.89 bits per heavy atom. The van der Waals surface area contributed by atoms with E-state index in [4.69, 9.17) is 4.74 Å². The number of esters is 1. The molecule has 0 spiro atoms. The molecule has 0 saturated heterocycles. The van der Waals surface area contributed by atoms with Crippen LogP contribution in [0.4, 0.5) is 13.2 Å². The van der Waals surface area contributed by atoms with Crippen molar-refractivity contribution in [3.63, 3.8) is 0 Å². The van der Waals surface area contributed by atoms with Gasteiger partial charge >= 0.3 is 12.1 Å². The SMILES string of the molecule is COc1ccc(/C=C(/O)C(=O)OCC(F)(F)F)cc1. The van der Waals surface area contributed by atoms with Crippen molar-refractivity contribution in [2.24, 2.45) is 0 Å². The van der Waals surface area contributed by atoms with E-state index in [0.29, 0.717) is 11.3 Å². The van der Waals surface area contributed by atoms with Gasteiger partial charge in [-0.25, -0.2) is 4.79 Å². The van der Waals surface area contributed by atoms with Crippen LogP contribution in [0.25, 0.3) is 6.08 Å². The molecule has 0 radical (unpaired) electrons. The molecule has 1 N–H and O–H groups in total. The summed E-state index contributed by atoms with van der Waals surface area (Å²) >= 11 is 0. The summed E-state index contributed by atoms with van der Waals surface area (Å²) < 4.78 is 44.2. The van der Waals surface area contributed by atoms with Crippen LogP contribution in [-0.4, -0.2) is 31.0 Å². The van der Waals surface area contributed by atoms with E-state index in [0.717, 1.165) is 6.08 Å². The van der Waals surface area contributed by atoms with E-state index in [-0.39, 0.29) is 0 Å². The van der Waals surface area contributed by atoms with E-state index in [2.05, 4.69) is 4.74 Å². The van der Waals surface area contributed by atoms with Gasteiger partial charge in [-0.15, -0.1) is 0 Å². The minimum atomic E-state index is -4.63. The largest absolute Gasteiger partial charge is 0.502 e. The molecule has 0 amide bonds. The van der Waals surface area contributed by atoms with Gasteiger partial charge in [-0.3, -0.25) is 0 Å². The zero-order chi connectivity index (χ0) is 14.5. The van der Waals surface area contributed by atoms with Crippen molar-refractivity contribution < 1.29 is 32.5 Å². The Kier molecular flexibility index (Phi) is 4.80. The molecule has 1 aromatic rings. The second kappa shape index (κ2) is 6.12. The summed E-state index contributed by atoms with van der Waals surface area (Å²) in [4.78, 5) is 11.1. The lowest BCUT2D eigenvalue weighted by Gasteiger charge is -2.07. The molecule has 104 valence electrons. The van der Waals surface area contributed by atoms with E-state index >= 15 is 0 Å². The average Bonchev–Trinajstić information content (AvgIpc) is 2.36. The van der Waals surface area contributed by atoms with Gasteiger partial charge in [0.15, 0.2) is 6.61 Å². The van der Waals surface area contributed by atoms with E-state index in [1.807, 2.05) is 0 Å². The molecule has 0 fully saturated rings. The number of alkyl halides is 3. The number of hydrogen-bond donors (Lipinski definition) is 1. The van der Waals surface area contributed by atoms with Crippen molar-refractivity contribution in [2.45, 2.75) is 6.18 Å². The summed E-state index contributed by atoms with van der Waals surface area (Å²) in [5.41, 5.74) is 0.419. The van der Waals surface area contributed by atoms with Crippen molar-refractivity contribution in [2.75, 3.05) is 13.7 Å². The third kappa shape index (κ3) is 5.33. The monoisotopic (exact) mass is 276 g/mol. The van der Waals surface area contributed by atoms with Crippen molar-refractivity contribution in [3.8, 4) is 5.75 Å². The predicted molar refractivity (Wildman–Crippen MR) is 60.6 cm³/mol. The Labute approximate surface area is 107 Å². The number of hydrogen-bond acceptors (Lipinski definition) is 4. The number of rotatable bonds is 4. The van der Waals surface area contributed by atoms with Gasteiger partial charge in [0.1, 0.15) is 5.75 Å². The fourth-order valence-electron chi connectivity index (χ4n) is 1.14. The summed E-state index contributed by atoms with van der Waals surface area (Å²) in [6, 6.07) is 6.18. The van der Waals surface area contributed by atoms with Crippen LogP contribution in [-0.2, 0) is 9.53 Å². The zero-order valence-electron chi connectivity index (χ0n) is 9.90. The van der Waals surface area contributed by atoms with Gasteiger partial charge in [0.2, 0.25) is 5.76 Å². The number of aliphatic hydroxyl groups excluding tert-OH is 1. The van der Waals surface area contributed by atoms with Crippen LogP contribution in [0, 0.1) is 0 Å². The third-order valence-electron chi connectivity index (χ3n) is 2.00. The molecule has 4 nitrogen and oxygen atoms in total. The number of carbonyl (C=O) groups excluding carboxylic acids is 1. The van der Waals surface area contributed by atoms with Gasteiger partial charge in [-0.1, -0.05) is 12.1 Å². The van der Waals surface area contributed by atoms with E-state index in [1.165, 1.54) is 19.2 Å². The Hall–Kier alpha value is -2.18. The van der Waals surface area contributed by atoms with E-state index in [1.54, 1.807) is 12.1 Å². The van der Waals surface area contributed by atoms with Crippen LogP contribution < -0.4 is 4.74 Å². The highest BCUT2D eigenvalue weighted by Gasteiger charge is 2.30. The van der Waals surface area contributed by atoms with Crippen LogP contribution in [0.3, 0.4) is 0 Å². The van der Waals surface area contributed by atoms with E-state index in [9.17, 15) is 23.1 Å². The highest BCUT2D eigenvalue weighted by atomic mass is 19.4. The maximum Gasteiger partial charge on any atom is 0.422 e. The van der Waals surface area contributed by atoms with Gasteiger partial charge in [-0.2, -0.15) is 13.2 Å². The molecule has 1 aromatic carbocycles. The fourth-order valence-corrected chi connectivity index (χ4v) is 1.14. The van der Waals surface area contributed by atoms with Crippen molar-refractivity contribution in [1.29, 1.82) is 0 Å². The Morgan fingerprint density at radius 1 is 1.32 bits per heavy atom. The first kappa shape index (κ1) is 14.9. The summed E-state index contributed by atoms with van der Waals surface area (Å²) in [6.45, 7) is -1.74. The smallest absolute Gasteiger partial charge is 0.422 e.